The van der Waals surface area contributed by atoms with Crippen LogP contribution in [0.1, 0.15) is 0 Å². The first-order valence-corrected chi connectivity index (χ1v) is 1.22. The van der Waals surface area contributed by atoms with Crippen molar-refractivity contribution in [3.63, 3.8) is 0 Å². The van der Waals surface area contributed by atoms with Crippen molar-refractivity contribution in [3.05, 3.63) is 0 Å². The molecule has 0 heterocycles. The Labute approximate surface area is 69.5 Å². The summed E-state index contributed by atoms with van der Waals surface area (Å²) in [4.78, 5) is 0. The Kier molecular flexibility index (Phi) is 381. The molecule has 0 atom stereocenters. The summed E-state index contributed by atoms with van der Waals surface area (Å²) in [6.45, 7) is 0. The van der Waals surface area contributed by atoms with Crippen LogP contribution in [0.25, 0.3) is 0 Å². The maximum absolute atomic E-state index is 8.40. The molecule has 0 fully saturated rings. The van der Waals surface area contributed by atoms with Gasteiger partial charge in [0, 0.05) is 0 Å². The summed E-state index contributed by atoms with van der Waals surface area (Å²) >= 11 is 0. The molecule has 0 unspecified atom stereocenters. The lowest BCUT2D eigenvalue weighted by atomic mass is 15.9. The summed E-state index contributed by atoms with van der Waals surface area (Å²) in [6.07, 6.45) is 0. The van der Waals surface area contributed by atoms with Gasteiger partial charge in [-0.15, -0.1) is 0 Å². The van der Waals surface area contributed by atoms with E-state index in [1.807, 2.05) is 0 Å². The maximum Gasteiger partial charge on any atom is 0.549 e. The highest BCUT2D eigenvalue weighted by Crippen LogP contribution is 0.759. The summed E-state index contributed by atoms with van der Waals surface area (Å²) in [6, 6.07) is 0. The summed E-state index contributed by atoms with van der Waals surface area (Å²) in [5.74, 6) is 0. The molecule has 0 aromatic carbocycles. The Hall–Kier alpha value is 1.04. The summed E-state index contributed by atoms with van der Waals surface area (Å²) < 4.78 is 16.8. The first kappa shape index (κ1) is 43.2. The van der Waals surface area contributed by atoms with Crippen LogP contribution in [-0.2, 0) is 8.92 Å². The average molecular weight is 152 g/mol. The quantitative estimate of drug-likeness (QED) is 0.328. The van der Waals surface area contributed by atoms with Gasteiger partial charge in [-0.05, 0) is 0 Å². The molecular formula is H9AlMgO4Si. The Morgan fingerprint density at radius 2 is 1.00 bits per heavy atom. The maximum atomic E-state index is 8.40. The van der Waals surface area contributed by atoms with Gasteiger partial charge in [-0.25, -0.2) is 0 Å². The first-order chi connectivity index (χ1) is 1.41. The SMILES string of the molecule is O.O.O=[Si]=O.[AlH3].[MgH2]. The Morgan fingerprint density at radius 1 is 1.00 bits per heavy atom. The van der Waals surface area contributed by atoms with Crippen molar-refractivity contribution in [3.8, 4) is 0 Å². The second-order valence-corrected chi connectivity index (χ2v) is 0.250. The summed E-state index contributed by atoms with van der Waals surface area (Å²) in [7, 11) is -1.42. The second-order valence-electron chi connectivity index (χ2n) is 0.0833. The minimum absolute atomic E-state index is 0. The molecular weight excluding hydrogens is 143 g/mol. The van der Waals surface area contributed by atoms with Crippen LogP contribution in [0.3, 0.4) is 0 Å². The molecule has 0 rings (SSSR count). The molecule has 0 aromatic heterocycles. The van der Waals surface area contributed by atoms with Crippen LogP contribution in [0.4, 0.5) is 0 Å². The van der Waals surface area contributed by atoms with E-state index in [1.165, 1.54) is 0 Å². The van der Waals surface area contributed by atoms with Gasteiger partial charge < -0.3 is 11.0 Å². The number of rotatable bonds is 0. The van der Waals surface area contributed by atoms with Crippen molar-refractivity contribution in [2.75, 3.05) is 0 Å². The monoisotopic (exact) mass is 152 g/mol. The minimum atomic E-state index is -1.42. The normalized spacial score (nSPS) is 1.14. The van der Waals surface area contributed by atoms with E-state index in [2.05, 4.69) is 0 Å². The van der Waals surface area contributed by atoms with Crippen molar-refractivity contribution in [2.45, 2.75) is 0 Å². The summed E-state index contributed by atoms with van der Waals surface area (Å²) in [5, 5.41) is 0. The molecule has 0 aliphatic carbocycles. The lowest BCUT2D eigenvalue weighted by Gasteiger charge is -0.944. The van der Waals surface area contributed by atoms with Crippen LogP contribution < -0.4 is 0 Å². The number of hydrogen-bond acceptors (Lipinski definition) is 2. The van der Waals surface area contributed by atoms with Gasteiger partial charge in [0.05, 0.1) is 0 Å². The fourth-order valence-corrected chi connectivity index (χ4v) is 0. The highest BCUT2D eigenvalue weighted by atomic mass is 28.2. The van der Waals surface area contributed by atoms with Gasteiger partial charge in [0.15, 0.2) is 17.4 Å². The van der Waals surface area contributed by atoms with Gasteiger partial charge in [0.25, 0.3) is 0 Å². The third kappa shape index (κ3) is 166. The molecule has 4 N–H and O–H groups in total. The zero-order chi connectivity index (χ0) is 2.71. The zero-order valence-corrected chi connectivity index (χ0v) is 3.32. The van der Waals surface area contributed by atoms with Gasteiger partial charge >= 0.3 is 32.3 Å². The van der Waals surface area contributed by atoms with Gasteiger partial charge in [0.2, 0.25) is 0 Å². The van der Waals surface area contributed by atoms with E-state index >= 15 is 0 Å². The largest absolute Gasteiger partial charge is 0.549 e. The molecule has 0 aromatic rings. The van der Waals surface area contributed by atoms with Crippen LogP contribution in [-0.4, -0.2) is 60.7 Å². The van der Waals surface area contributed by atoms with Crippen LogP contribution in [0, 0.1) is 0 Å². The zero-order valence-electron chi connectivity index (χ0n) is 2.32. The molecule has 0 aliphatic heterocycles. The predicted molar refractivity (Wildman–Crippen MR) is 32.8 cm³/mol. The molecule has 0 saturated carbocycles. The third-order valence-electron chi connectivity index (χ3n) is 0. The van der Waals surface area contributed by atoms with E-state index < -0.39 is 9.29 Å². The lowest BCUT2D eigenvalue weighted by molar-refractivity contribution is 0.497. The van der Waals surface area contributed by atoms with E-state index in [0.717, 1.165) is 0 Å². The van der Waals surface area contributed by atoms with Gasteiger partial charge in [-0.1, -0.05) is 0 Å². The average Bonchev–Trinajstić information content (AvgIpc) is 0.918. The fourth-order valence-electron chi connectivity index (χ4n) is 0. The fraction of sp³-hybridized carbons (Fsp3) is 0. The van der Waals surface area contributed by atoms with Crippen molar-refractivity contribution < 1.29 is 19.9 Å². The Morgan fingerprint density at radius 3 is 1.00 bits per heavy atom. The van der Waals surface area contributed by atoms with Crippen LogP contribution in [0.15, 0.2) is 0 Å². The van der Waals surface area contributed by atoms with Crippen molar-refractivity contribution in [1.82, 2.24) is 0 Å². The molecule has 0 saturated heterocycles. The van der Waals surface area contributed by atoms with E-state index in [9.17, 15) is 0 Å². The molecule has 42 valence electrons. The number of hydrogen-bond donors (Lipinski definition) is 0. The van der Waals surface area contributed by atoms with Crippen LogP contribution in [0.5, 0.6) is 0 Å². The lowest BCUT2D eigenvalue weighted by Crippen LogP contribution is -1.26. The predicted octanol–water partition coefficient (Wildman–Crippen LogP) is -4.37. The van der Waals surface area contributed by atoms with E-state index in [0.29, 0.717) is 0 Å². The Bertz CT molecular complexity index is 32.7. The topological polar surface area (TPSA) is 97.1 Å². The van der Waals surface area contributed by atoms with Crippen molar-refractivity contribution >= 4 is 49.7 Å². The molecule has 0 bridgehead atoms. The molecule has 7 heteroatoms. The van der Waals surface area contributed by atoms with Gasteiger partial charge in [-0.3, -0.25) is 8.92 Å². The van der Waals surface area contributed by atoms with E-state index in [1.54, 1.807) is 0 Å². The van der Waals surface area contributed by atoms with Crippen LogP contribution in [0.2, 0.25) is 0 Å². The Balaban J connectivity index is -0.00000000333. The molecule has 0 aliphatic rings. The molecule has 7 heavy (non-hydrogen) atoms. The standard InChI is InChI=1S/Al.Mg.O2Si.2H2O.5H/c;;1-3-2;;;;;;;/h;;;2*1H2;;;;;. The smallest absolute Gasteiger partial charge is 0.412 e. The first-order valence-electron chi connectivity index (χ1n) is 0.408. The van der Waals surface area contributed by atoms with Gasteiger partial charge in [0.1, 0.15) is 0 Å². The molecule has 0 amide bonds. The highest BCUT2D eigenvalue weighted by molar-refractivity contribution is 5.94. The van der Waals surface area contributed by atoms with E-state index in [4.69, 9.17) is 8.92 Å². The summed E-state index contributed by atoms with van der Waals surface area (Å²) in [5.41, 5.74) is 0. The minimum Gasteiger partial charge on any atom is -0.412 e. The van der Waals surface area contributed by atoms with Crippen molar-refractivity contribution in [1.29, 1.82) is 0 Å². The van der Waals surface area contributed by atoms with Gasteiger partial charge in [-0.2, -0.15) is 0 Å². The highest BCUT2D eigenvalue weighted by Gasteiger charge is 1.22. The second kappa shape index (κ2) is 61.9. The van der Waals surface area contributed by atoms with Crippen LogP contribution >= 0.6 is 0 Å². The third-order valence-corrected chi connectivity index (χ3v) is 0. The van der Waals surface area contributed by atoms with Crippen molar-refractivity contribution in [2.24, 2.45) is 0 Å². The molecule has 0 radical (unpaired) electrons. The molecule has 0 spiro atoms. The van der Waals surface area contributed by atoms with E-state index in [-0.39, 0.29) is 51.4 Å². The molecule has 4 nitrogen and oxygen atoms in total.